The second kappa shape index (κ2) is 10.00. The number of fused-ring (bicyclic) bond motifs is 1. The highest BCUT2D eigenvalue weighted by Gasteiger charge is 2.30. The van der Waals surface area contributed by atoms with Crippen LogP contribution in [-0.4, -0.2) is 50.1 Å². The van der Waals surface area contributed by atoms with E-state index in [0.717, 1.165) is 16.8 Å². The predicted octanol–water partition coefficient (Wildman–Crippen LogP) is 2.96. The van der Waals surface area contributed by atoms with Crippen molar-refractivity contribution in [1.29, 1.82) is 0 Å². The molecular formula is C27H25FN6O3. The molecule has 3 aliphatic rings. The smallest absolute Gasteiger partial charge is 0.304 e. The van der Waals surface area contributed by atoms with Crippen molar-refractivity contribution >= 4 is 29.0 Å². The molecule has 1 unspecified atom stereocenters. The minimum atomic E-state index is -1.11. The number of hydrazine groups is 1. The van der Waals surface area contributed by atoms with Crippen LogP contribution in [0.4, 0.5) is 15.8 Å². The molecule has 10 heteroatoms. The van der Waals surface area contributed by atoms with Crippen molar-refractivity contribution < 1.29 is 18.7 Å². The molecule has 188 valence electrons. The van der Waals surface area contributed by atoms with E-state index in [2.05, 4.69) is 31.1 Å². The number of hydrogen-bond acceptors (Lipinski definition) is 7. The molecule has 2 atom stereocenters. The van der Waals surface area contributed by atoms with Gasteiger partial charge in [0.2, 0.25) is 6.17 Å². The van der Waals surface area contributed by atoms with Crippen molar-refractivity contribution in [1.82, 2.24) is 10.9 Å². The molecular weight excluding hydrogens is 475 g/mol. The number of amidine groups is 1. The normalized spacial score (nSPS) is 22.4. The summed E-state index contributed by atoms with van der Waals surface area (Å²) in [5, 5.41) is 2.90. The molecule has 2 fully saturated rings. The van der Waals surface area contributed by atoms with E-state index in [9.17, 15) is 4.79 Å². The van der Waals surface area contributed by atoms with E-state index in [1.807, 2.05) is 60.7 Å². The Morgan fingerprint density at radius 1 is 1.00 bits per heavy atom. The zero-order chi connectivity index (χ0) is 25.2. The average Bonchev–Trinajstić information content (AvgIpc) is 3.35. The van der Waals surface area contributed by atoms with Gasteiger partial charge in [-0.2, -0.15) is 10.4 Å². The predicted molar refractivity (Wildman–Crippen MR) is 138 cm³/mol. The maximum Gasteiger partial charge on any atom is 0.304 e. The second-order valence-electron chi connectivity index (χ2n) is 8.76. The summed E-state index contributed by atoms with van der Waals surface area (Å²) in [5.74, 6) is -0.808. The number of benzodiazepines with no additional fused rings is 1. The van der Waals surface area contributed by atoms with Crippen molar-refractivity contribution in [3.05, 3.63) is 95.3 Å². The topological polar surface area (TPSA) is 99.6 Å². The molecule has 0 aromatic heterocycles. The second-order valence-corrected chi connectivity index (χ2v) is 8.76. The molecule has 0 aliphatic carbocycles. The maximum absolute atomic E-state index is 15.0. The Kier molecular flexibility index (Phi) is 6.25. The first-order valence-electron chi connectivity index (χ1n) is 12.1. The summed E-state index contributed by atoms with van der Waals surface area (Å²) in [6.45, 7) is 2.67. The van der Waals surface area contributed by atoms with Crippen molar-refractivity contribution in [3.8, 4) is 0 Å². The lowest BCUT2D eigenvalue weighted by molar-refractivity contribution is -0.117. The van der Waals surface area contributed by atoms with Gasteiger partial charge in [-0.3, -0.25) is 10.2 Å². The summed E-state index contributed by atoms with van der Waals surface area (Å²) < 4.78 is 26.2. The molecule has 3 aromatic carbocycles. The molecule has 3 N–H and O–H groups in total. The van der Waals surface area contributed by atoms with Gasteiger partial charge in [0.1, 0.15) is 5.82 Å². The molecule has 3 aliphatic heterocycles. The van der Waals surface area contributed by atoms with Crippen LogP contribution >= 0.6 is 0 Å². The Labute approximate surface area is 213 Å². The van der Waals surface area contributed by atoms with Gasteiger partial charge in [-0.15, -0.1) is 0 Å². The van der Waals surface area contributed by atoms with Gasteiger partial charge in [0, 0.05) is 35.5 Å². The quantitative estimate of drug-likeness (QED) is 0.510. The number of aliphatic imine (C=N–C) groups is 2. The fraction of sp³-hybridized carbons (Fsp3) is 0.222. The molecule has 3 heterocycles. The lowest BCUT2D eigenvalue weighted by Gasteiger charge is -2.29. The van der Waals surface area contributed by atoms with Crippen LogP contribution in [0.15, 0.2) is 82.8 Å². The fourth-order valence-electron chi connectivity index (χ4n) is 4.52. The molecule has 0 saturated carbocycles. The summed E-state index contributed by atoms with van der Waals surface area (Å²) in [4.78, 5) is 24.2. The van der Waals surface area contributed by atoms with E-state index in [1.165, 1.54) is 6.07 Å². The van der Waals surface area contributed by atoms with E-state index in [1.54, 1.807) is 6.07 Å². The Hall–Kier alpha value is -4.28. The number of amides is 1. The third-order valence-electron chi connectivity index (χ3n) is 6.40. The maximum atomic E-state index is 15.0. The van der Waals surface area contributed by atoms with Gasteiger partial charge in [-0.05, 0) is 24.3 Å². The highest BCUT2D eigenvalue weighted by Crippen LogP contribution is 2.27. The van der Waals surface area contributed by atoms with Crippen LogP contribution < -0.4 is 21.1 Å². The molecule has 0 bridgehead atoms. The van der Waals surface area contributed by atoms with Gasteiger partial charge in [0.05, 0.1) is 24.6 Å². The Morgan fingerprint density at radius 2 is 1.78 bits per heavy atom. The van der Waals surface area contributed by atoms with E-state index in [0.29, 0.717) is 43.3 Å². The number of anilines is 2. The summed E-state index contributed by atoms with van der Waals surface area (Å²) in [6.07, 6.45) is -1.93. The summed E-state index contributed by atoms with van der Waals surface area (Å²) >= 11 is 0. The molecule has 1 amide bonds. The van der Waals surface area contributed by atoms with Crippen LogP contribution in [-0.2, 0) is 14.3 Å². The van der Waals surface area contributed by atoms with Crippen molar-refractivity contribution in [3.63, 3.8) is 0 Å². The SMILES string of the molecule is O=C1Nc2ccccc2C(c2ccccc2)=N[C@H]1/N=C1\NNC(c2ccc(N3CCOCC3)cc2F)O1. The number of ether oxygens (including phenoxy) is 2. The van der Waals surface area contributed by atoms with Crippen molar-refractivity contribution in [2.45, 2.75) is 12.4 Å². The third kappa shape index (κ3) is 4.76. The van der Waals surface area contributed by atoms with E-state index < -0.39 is 24.1 Å². The van der Waals surface area contributed by atoms with Gasteiger partial charge in [-0.25, -0.2) is 9.38 Å². The molecule has 3 aromatic rings. The Balaban J connectivity index is 1.25. The van der Waals surface area contributed by atoms with Crippen LogP contribution in [0.5, 0.6) is 0 Å². The minimum absolute atomic E-state index is 0.0453. The minimum Gasteiger partial charge on any atom is -0.439 e. The summed E-state index contributed by atoms with van der Waals surface area (Å²) in [5.41, 5.74) is 9.75. The number of benzene rings is 3. The molecule has 2 saturated heterocycles. The van der Waals surface area contributed by atoms with E-state index in [-0.39, 0.29) is 6.02 Å². The van der Waals surface area contributed by atoms with Crippen molar-refractivity contribution in [2.24, 2.45) is 9.98 Å². The number of morpholine rings is 1. The van der Waals surface area contributed by atoms with Crippen molar-refractivity contribution in [2.75, 3.05) is 36.5 Å². The number of carbonyl (C=O) groups is 1. The number of nitrogens with zero attached hydrogens (tertiary/aromatic N) is 3. The van der Waals surface area contributed by atoms with Gasteiger partial charge in [0.15, 0.2) is 6.23 Å². The standard InChI is InChI=1S/C27H25FN6O3/c28-21-16-18(34-12-14-36-15-13-34)10-11-19(21)26-32-33-27(37-26)31-24-25(35)29-22-9-5-4-8-20(22)23(30-24)17-6-2-1-3-7-17/h1-11,16,24,26,32H,12-15H2,(H,29,35)(H,31,33)/t24-,26?/m0/s1. The van der Waals surface area contributed by atoms with E-state index >= 15 is 4.39 Å². The fourth-order valence-corrected chi connectivity index (χ4v) is 4.52. The largest absolute Gasteiger partial charge is 0.439 e. The monoisotopic (exact) mass is 500 g/mol. The van der Waals surface area contributed by atoms with E-state index in [4.69, 9.17) is 9.47 Å². The highest BCUT2D eigenvalue weighted by molar-refractivity contribution is 6.19. The van der Waals surface area contributed by atoms with Crippen LogP contribution in [0.2, 0.25) is 0 Å². The van der Waals surface area contributed by atoms with Gasteiger partial charge in [-0.1, -0.05) is 48.5 Å². The Bertz CT molecular complexity index is 1370. The van der Waals surface area contributed by atoms with Gasteiger partial charge < -0.3 is 19.7 Å². The van der Waals surface area contributed by atoms with Crippen LogP contribution in [0.3, 0.4) is 0 Å². The number of halogens is 1. The molecule has 9 nitrogen and oxygen atoms in total. The number of para-hydroxylation sites is 1. The third-order valence-corrected chi connectivity index (χ3v) is 6.40. The number of rotatable bonds is 4. The number of nitrogens with one attached hydrogen (secondary N) is 3. The summed E-state index contributed by atoms with van der Waals surface area (Å²) in [6, 6.07) is 22.2. The molecule has 37 heavy (non-hydrogen) atoms. The zero-order valence-electron chi connectivity index (χ0n) is 19.9. The highest BCUT2D eigenvalue weighted by atomic mass is 19.1. The van der Waals surface area contributed by atoms with Gasteiger partial charge in [0.25, 0.3) is 5.91 Å². The first kappa shape index (κ1) is 23.1. The van der Waals surface area contributed by atoms with Gasteiger partial charge >= 0.3 is 6.02 Å². The Morgan fingerprint density at radius 3 is 2.59 bits per heavy atom. The molecule has 0 radical (unpaired) electrons. The first-order chi connectivity index (χ1) is 18.2. The van der Waals surface area contributed by atoms with Crippen LogP contribution in [0.25, 0.3) is 0 Å². The number of hydrogen-bond donors (Lipinski definition) is 3. The molecule has 6 rings (SSSR count). The number of carbonyl (C=O) groups excluding carboxylic acids is 1. The lowest BCUT2D eigenvalue weighted by atomic mass is 10.0. The zero-order valence-corrected chi connectivity index (χ0v) is 19.9. The molecule has 0 spiro atoms. The first-order valence-corrected chi connectivity index (χ1v) is 12.1. The lowest BCUT2D eigenvalue weighted by Crippen LogP contribution is -2.36. The van der Waals surface area contributed by atoms with Crippen LogP contribution in [0, 0.1) is 5.82 Å². The average molecular weight is 501 g/mol. The summed E-state index contributed by atoms with van der Waals surface area (Å²) in [7, 11) is 0. The van der Waals surface area contributed by atoms with Crippen LogP contribution in [0.1, 0.15) is 22.9 Å².